The molecule has 1 aromatic rings. The summed E-state index contributed by atoms with van der Waals surface area (Å²) in [7, 11) is 1.72. The molecular weight excluding hydrogens is 162 g/mol. The number of rotatable bonds is 4. The average Bonchev–Trinajstić information content (AvgIpc) is 2.16. The monoisotopic (exact) mass is 179 g/mol. The van der Waals surface area contributed by atoms with Crippen LogP contribution in [0.1, 0.15) is 12.5 Å². The van der Waals surface area contributed by atoms with Gasteiger partial charge in [0.05, 0.1) is 6.10 Å². The standard InChI is InChI=1S/C11H17NO/c1-9-4-6-11(7-5-9)12-8-10(2)13-3/h4-7,10,12H,8H2,1-3H3/t10-/m0/s1. The molecule has 0 spiro atoms. The number of benzene rings is 1. The number of aryl methyl sites for hydroxylation is 1. The second-order valence-corrected chi connectivity index (χ2v) is 3.29. The molecule has 0 aliphatic heterocycles. The minimum atomic E-state index is 0.251. The van der Waals surface area contributed by atoms with Crippen LogP contribution in [0.5, 0.6) is 0 Å². The van der Waals surface area contributed by atoms with Gasteiger partial charge >= 0.3 is 0 Å². The van der Waals surface area contributed by atoms with Crippen LogP contribution in [0.2, 0.25) is 0 Å². The van der Waals surface area contributed by atoms with E-state index in [-0.39, 0.29) is 6.10 Å². The van der Waals surface area contributed by atoms with E-state index in [1.54, 1.807) is 7.11 Å². The number of hydrogen-bond acceptors (Lipinski definition) is 2. The molecule has 0 amide bonds. The summed E-state index contributed by atoms with van der Waals surface area (Å²) in [6.45, 7) is 4.97. The van der Waals surface area contributed by atoms with E-state index in [0.29, 0.717) is 0 Å². The van der Waals surface area contributed by atoms with Crippen molar-refractivity contribution in [2.45, 2.75) is 20.0 Å². The van der Waals surface area contributed by atoms with Crippen molar-refractivity contribution in [3.8, 4) is 0 Å². The van der Waals surface area contributed by atoms with E-state index >= 15 is 0 Å². The highest BCUT2D eigenvalue weighted by molar-refractivity contribution is 5.44. The van der Waals surface area contributed by atoms with Crippen LogP contribution >= 0.6 is 0 Å². The van der Waals surface area contributed by atoms with E-state index in [9.17, 15) is 0 Å². The third-order valence-electron chi connectivity index (χ3n) is 2.05. The van der Waals surface area contributed by atoms with E-state index in [0.717, 1.165) is 12.2 Å². The molecule has 0 aliphatic carbocycles. The van der Waals surface area contributed by atoms with Crippen molar-refractivity contribution < 1.29 is 4.74 Å². The van der Waals surface area contributed by atoms with Gasteiger partial charge in [0.2, 0.25) is 0 Å². The Morgan fingerprint density at radius 1 is 1.31 bits per heavy atom. The highest BCUT2D eigenvalue weighted by Gasteiger charge is 1.97. The van der Waals surface area contributed by atoms with E-state index < -0.39 is 0 Å². The highest BCUT2D eigenvalue weighted by atomic mass is 16.5. The third kappa shape index (κ3) is 3.47. The number of hydrogen-bond donors (Lipinski definition) is 1. The molecule has 1 rings (SSSR count). The molecule has 0 aliphatic rings. The van der Waals surface area contributed by atoms with Gasteiger partial charge in [0.1, 0.15) is 0 Å². The predicted molar refractivity (Wildman–Crippen MR) is 56.1 cm³/mol. The number of ether oxygens (including phenoxy) is 1. The quantitative estimate of drug-likeness (QED) is 0.766. The van der Waals surface area contributed by atoms with Crippen molar-refractivity contribution in [1.29, 1.82) is 0 Å². The van der Waals surface area contributed by atoms with Crippen LogP contribution in [-0.4, -0.2) is 19.8 Å². The van der Waals surface area contributed by atoms with Crippen molar-refractivity contribution >= 4 is 5.69 Å². The minimum Gasteiger partial charge on any atom is -0.382 e. The second-order valence-electron chi connectivity index (χ2n) is 3.29. The maximum absolute atomic E-state index is 5.13. The molecule has 0 saturated carbocycles. The van der Waals surface area contributed by atoms with Crippen molar-refractivity contribution in [3.05, 3.63) is 29.8 Å². The fourth-order valence-electron chi connectivity index (χ4n) is 1.02. The number of methoxy groups -OCH3 is 1. The van der Waals surface area contributed by atoms with Crippen molar-refractivity contribution in [3.63, 3.8) is 0 Å². The third-order valence-corrected chi connectivity index (χ3v) is 2.05. The summed E-state index contributed by atoms with van der Waals surface area (Å²) in [4.78, 5) is 0. The van der Waals surface area contributed by atoms with Gasteiger partial charge in [-0.1, -0.05) is 17.7 Å². The lowest BCUT2D eigenvalue weighted by molar-refractivity contribution is 0.129. The van der Waals surface area contributed by atoms with Crippen molar-refractivity contribution in [2.24, 2.45) is 0 Å². The Morgan fingerprint density at radius 2 is 1.92 bits per heavy atom. The zero-order valence-corrected chi connectivity index (χ0v) is 8.50. The summed E-state index contributed by atoms with van der Waals surface area (Å²) in [5, 5.41) is 3.30. The first-order valence-corrected chi connectivity index (χ1v) is 4.55. The molecular formula is C11H17NO. The van der Waals surface area contributed by atoms with Crippen LogP contribution in [0, 0.1) is 6.92 Å². The molecule has 2 heteroatoms. The van der Waals surface area contributed by atoms with Gasteiger partial charge < -0.3 is 10.1 Å². The minimum absolute atomic E-state index is 0.251. The van der Waals surface area contributed by atoms with Crippen molar-refractivity contribution in [1.82, 2.24) is 0 Å². The van der Waals surface area contributed by atoms with E-state index in [1.165, 1.54) is 5.56 Å². The topological polar surface area (TPSA) is 21.3 Å². The Hall–Kier alpha value is -1.02. The van der Waals surface area contributed by atoms with Crippen LogP contribution in [0.15, 0.2) is 24.3 Å². The molecule has 1 aromatic carbocycles. The van der Waals surface area contributed by atoms with Gasteiger partial charge in [-0.15, -0.1) is 0 Å². The van der Waals surface area contributed by atoms with Crippen LogP contribution < -0.4 is 5.32 Å². The lowest BCUT2D eigenvalue weighted by Crippen LogP contribution is -2.17. The van der Waals surface area contributed by atoms with Gasteiger partial charge in [0.15, 0.2) is 0 Å². The summed E-state index contributed by atoms with van der Waals surface area (Å²) in [6.07, 6.45) is 0.251. The Balaban J connectivity index is 2.41. The molecule has 0 aromatic heterocycles. The number of nitrogens with one attached hydrogen (secondary N) is 1. The average molecular weight is 179 g/mol. The summed E-state index contributed by atoms with van der Waals surface area (Å²) < 4.78 is 5.13. The van der Waals surface area contributed by atoms with Gasteiger partial charge in [-0.25, -0.2) is 0 Å². The molecule has 0 bridgehead atoms. The number of anilines is 1. The van der Waals surface area contributed by atoms with Crippen LogP contribution in [-0.2, 0) is 4.74 Å². The van der Waals surface area contributed by atoms with Gasteiger partial charge in [-0.3, -0.25) is 0 Å². The molecule has 0 unspecified atom stereocenters. The molecule has 0 saturated heterocycles. The van der Waals surface area contributed by atoms with Gasteiger partial charge in [-0.2, -0.15) is 0 Å². The lowest BCUT2D eigenvalue weighted by Gasteiger charge is -2.11. The Labute approximate surface area is 79.9 Å². The van der Waals surface area contributed by atoms with E-state index in [1.807, 2.05) is 6.92 Å². The Morgan fingerprint density at radius 3 is 2.46 bits per heavy atom. The first-order valence-electron chi connectivity index (χ1n) is 4.55. The summed E-state index contributed by atoms with van der Waals surface area (Å²) in [5.41, 5.74) is 2.43. The molecule has 0 radical (unpaired) electrons. The molecule has 0 fully saturated rings. The maximum Gasteiger partial charge on any atom is 0.0715 e. The first kappa shape index (κ1) is 10.1. The van der Waals surface area contributed by atoms with Gasteiger partial charge in [0, 0.05) is 19.3 Å². The molecule has 13 heavy (non-hydrogen) atoms. The fraction of sp³-hybridized carbons (Fsp3) is 0.455. The SMILES string of the molecule is CO[C@@H](C)CNc1ccc(C)cc1. The Kier molecular flexibility index (Phi) is 3.77. The molecule has 0 heterocycles. The van der Waals surface area contributed by atoms with Crippen molar-refractivity contribution in [2.75, 3.05) is 19.0 Å². The zero-order chi connectivity index (χ0) is 9.68. The lowest BCUT2D eigenvalue weighted by atomic mass is 10.2. The van der Waals surface area contributed by atoms with E-state index in [4.69, 9.17) is 4.74 Å². The van der Waals surface area contributed by atoms with E-state index in [2.05, 4.69) is 36.5 Å². The zero-order valence-electron chi connectivity index (χ0n) is 8.50. The molecule has 72 valence electrons. The van der Waals surface area contributed by atoms with Crippen LogP contribution in [0.4, 0.5) is 5.69 Å². The summed E-state index contributed by atoms with van der Waals surface area (Å²) >= 11 is 0. The first-order chi connectivity index (χ1) is 6.22. The highest BCUT2D eigenvalue weighted by Crippen LogP contribution is 2.08. The molecule has 2 nitrogen and oxygen atoms in total. The van der Waals surface area contributed by atoms with Gasteiger partial charge in [0.25, 0.3) is 0 Å². The van der Waals surface area contributed by atoms with Gasteiger partial charge in [-0.05, 0) is 26.0 Å². The summed E-state index contributed by atoms with van der Waals surface area (Å²) in [6, 6.07) is 8.36. The second kappa shape index (κ2) is 4.87. The van der Waals surface area contributed by atoms with Crippen LogP contribution in [0.25, 0.3) is 0 Å². The van der Waals surface area contributed by atoms with Crippen LogP contribution in [0.3, 0.4) is 0 Å². The fourth-order valence-corrected chi connectivity index (χ4v) is 1.02. The summed E-state index contributed by atoms with van der Waals surface area (Å²) in [5.74, 6) is 0. The predicted octanol–water partition coefficient (Wildman–Crippen LogP) is 2.44. The Bertz CT molecular complexity index is 243. The molecule has 1 N–H and O–H groups in total. The normalized spacial score (nSPS) is 12.5. The smallest absolute Gasteiger partial charge is 0.0715 e. The molecule has 1 atom stereocenters. The maximum atomic E-state index is 5.13. The largest absolute Gasteiger partial charge is 0.382 e.